The molecule has 0 bridgehead atoms. The molecule has 0 spiro atoms. The van der Waals surface area contributed by atoms with Gasteiger partial charge in [-0.3, -0.25) is 0 Å². The molecule has 2 atom stereocenters. The van der Waals surface area contributed by atoms with Crippen LogP contribution in [0.2, 0.25) is 0 Å². The van der Waals surface area contributed by atoms with E-state index in [1.807, 2.05) is 49.5 Å². The van der Waals surface area contributed by atoms with Gasteiger partial charge in [-0.2, -0.15) is 12.3 Å². The SMILES string of the molecule is CCS(=O)(=O)[N+]1(C(C)c2ccc(Br)cc2)C=C(CN)C=CC1. The lowest BCUT2D eigenvalue weighted by molar-refractivity contribution is -0.779. The highest BCUT2D eigenvalue weighted by molar-refractivity contribution is 9.10. The monoisotopic (exact) mass is 385 g/mol. The molecule has 0 aromatic heterocycles. The number of benzene rings is 1. The molecule has 2 unspecified atom stereocenters. The largest absolute Gasteiger partial charge is 0.326 e. The summed E-state index contributed by atoms with van der Waals surface area (Å²) >= 11 is 3.41. The third-order valence-corrected chi connectivity index (χ3v) is 7.10. The van der Waals surface area contributed by atoms with E-state index >= 15 is 0 Å². The van der Waals surface area contributed by atoms with Crippen LogP contribution < -0.4 is 5.73 Å². The molecule has 6 heteroatoms. The van der Waals surface area contributed by atoms with Crippen molar-refractivity contribution in [3.8, 4) is 0 Å². The van der Waals surface area contributed by atoms with Gasteiger partial charge in [0.1, 0.15) is 18.8 Å². The van der Waals surface area contributed by atoms with Crippen LogP contribution in [0.4, 0.5) is 0 Å². The molecule has 120 valence electrons. The summed E-state index contributed by atoms with van der Waals surface area (Å²) in [7, 11) is -3.34. The Morgan fingerprint density at radius 3 is 2.50 bits per heavy atom. The maximum absolute atomic E-state index is 12.9. The minimum absolute atomic E-state index is 0.0933. The summed E-state index contributed by atoms with van der Waals surface area (Å²) in [6.07, 6.45) is 5.63. The maximum Gasteiger partial charge on any atom is 0.301 e. The van der Waals surface area contributed by atoms with Gasteiger partial charge in [0, 0.05) is 22.2 Å². The van der Waals surface area contributed by atoms with Crippen LogP contribution in [0.15, 0.2) is 52.7 Å². The highest BCUT2D eigenvalue weighted by Gasteiger charge is 2.45. The van der Waals surface area contributed by atoms with Gasteiger partial charge in [0.05, 0.1) is 5.75 Å². The Bertz CT molecular complexity index is 695. The summed E-state index contributed by atoms with van der Waals surface area (Å²) in [6.45, 7) is 4.41. The first-order chi connectivity index (χ1) is 10.4. The van der Waals surface area contributed by atoms with E-state index in [0.29, 0.717) is 13.1 Å². The van der Waals surface area contributed by atoms with E-state index in [2.05, 4.69) is 15.9 Å². The lowest BCUT2D eigenvalue weighted by Crippen LogP contribution is -2.52. The fraction of sp³-hybridized carbons (Fsp3) is 0.375. The molecule has 22 heavy (non-hydrogen) atoms. The van der Waals surface area contributed by atoms with Crippen molar-refractivity contribution in [2.75, 3.05) is 18.8 Å². The highest BCUT2D eigenvalue weighted by Crippen LogP contribution is 2.36. The van der Waals surface area contributed by atoms with Crippen molar-refractivity contribution in [2.24, 2.45) is 5.73 Å². The second-order valence-electron chi connectivity index (χ2n) is 5.45. The summed E-state index contributed by atoms with van der Waals surface area (Å²) in [5.74, 6) is 0.0933. The van der Waals surface area contributed by atoms with Gasteiger partial charge in [-0.05, 0) is 32.1 Å². The van der Waals surface area contributed by atoms with E-state index in [1.165, 1.54) is 0 Å². The minimum atomic E-state index is -3.34. The van der Waals surface area contributed by atoms with Crippen LogP contribution in [-0.2, 0) is 10.0 Å². The van der Waals surface area contributed by atoms with Crippen molar-refractivity contribution < 1.29 is 12.3 Å². The normalized spacial score (nSPS) is 23.2. The molecular weight excluding hydrogens is 364 g/mol. The summed E-state index contributed by atoms with van der Waals surface area (Å²) in [4.78, 5) is 0. The summed E-state index contributed by atoms with van der Waals surface area (Å²) in [5.41, 5.74) is 7.58. The number of nitrogens with zero attached hydrogens (tertiary/aromatic N) is 1. The first-order valence-corrected chi connectivity index (χ1v) is 9.70. The summed E-state index contributed by atoms with van der Waals surface area (Å²) < 4.78 is 26.6. The van der Waals surface area contributed by atoms with Crippen molar-refractivity contribution in [3.63, 3.8) is 0 Å². The van der Waals surface area contributed by atoms with Gasteiger partial charge in [-0.25, -0.2) is 0 Å². The van der Waals surface area contributed by atoms with Crippen LogP contribution in [0.3, 0.4) is 0 Å². The lowest BCUT2D eigenvalue weighted by Gasteiger charge is -2.39. The maximum atomic E-state index is 12.9. The topological polar surface area (TPSA) is 60.2 Å². The highest BCUT2D eigenvalue weighted by atomic mass is 79.9. The standard InChI is InChI=1S/C16H22BrN2O2S/c1-3-22(20,21)19(10-4-5-14(11-18)12-19)13(2)15-6-8-16(17)9-7-15/h4-9,12-13H,3,10-11,18H2,1-2H3/q+1. The molecule has 2 N–H and O–H groups in total. The Balaban J connectivity index is 2.57. The molecule has 1 aromatic rings. The van der Waals surface area contributed by atoms with Crippen LogP contribution in [0, 0.1) is 0 Å². The molecule has 0 fully saturated rings. The number of sulfonamides is 1. The number of quaternary nitrogens is 1. The van der Waals surface area contributed by atoms with Gasteiger partial charge < -0.3 is 5.73 Å². The van der Waals surface area contributed by atoms with Crippen molar-refractivity contribution in [1.29, 1.82) is 0 Å². The van der Waals surface area contributed by atoms with Crippen LogP contribution >= 0.6 is 15.9 Å². The van der Waals surface area contributed by atoms with Crippen molar-refractivity contribution >= 4 is 26.0 Å². The Morgan fingerprint density at radius 2 is 1.95 bits per heavy atom. The molecule has 0 radical (unpaired) electrons. The fourth-order valence-electron chi connectivity index (χ4n) is 2.80. The average molecular weight is 386 g/mol. The molecule has 1 aromatic carbocycles. The molecule has 2 rings (SSSR count). The molecular formula is C16H22BrN2O2S+. The second kappa shape index (κ2) is 6.66. The zero-order valence-corrected chi connectivity index (χ0v) is 15.3. The quantitative estimate of drug-likeness (QED) is 0.792. The van der Waals surface area contributed by atoms with Crippen LogP contribution in [0.1, 0.15) is 25.5 Å². The number of halogens is 1. The Labute approximate surface area is 141 Å². The Kier molecular flexibility index (Phi) is 5.27. The molecule has 1 aliphatic rings. The van der Waals surface area contributed by atoms with Gasteiger partial charge in [0.15, 0.2) is 0 Å². The molecule has 1 aliphatic heterocycles. The molecule has 0 saturated heterocycles. The minimum Gasteiger partial charge on any atom is -0.326 e. The van der Waals surface area contributed by atoms with Gasteiger partial charge in [0.2, 0.25) is 0 Å². The van der Waals surface area contributed by atoms with E-state index in [4.69, 9.17) is 5.73 Å². The second-order valence-corrected chi connectivity index (χ2v) is 8.78. The van der Waals surface area contributed by atoms with Gasteiger partial charge in [-0.1, -0.05) is 34.1 Å². The molecule has 0 amide bonds. The van der Waals surface area contributed by atoms with E-state index in [-0.39, 0.29) is 15.7 Å². The first-order valence-electron chi connectivity index (χ1n) is 7.30. The number of hydrogen-bond donors (Lipinski definition) is 1. The summed E-state index contributed by atoms with van der Waals surface area (Å²) in [6, 6.07) is 7.61. The van der Waals surface area contributed by atoms with Crippen LogP contribution in [0.25, 0.3) is 0 Å². The third kappa shape index (κ3) is 3.06. The molecule has 1 heterocycles. The molecule has 4 nitrogen and oxygen atoms in total. The molecule has 0 saturated carbocycles. The summed E-state index contributed by atoms with van der Waals surface area (Å²) in [5, 5.41) is 0. The average Bonchev–Trinajstić information content (AvgIpc) is 2.54. The van der Waals surface area contributed by atoms with Crippen molar-refractivity contribution in [3.05, 3.63) is 58.2 Å². The Hall–Kier alpha value is -0.950. The predicted molar refractivity (Wildman–Crippen MR) is 93.4 cm³/mol. The zero-order valence-electron chi connectivity index (χ0n) is 12.9. The van der Waals surface area contributed by atoms with E-state index < -0.39 is 10.0 Å². The van der Waals surface area contributed by atoms with Crippen LogP contribution in [0.5, 0.6) is 0 Å². The van der Waals surface area contributed by atoms with E-state index in [9.17, 15) is 8.42 Å². The predicted octanol–water partition coefficient (Wildman–Crippen LogP) is 3.09. The van der Waals surface area contributed by atoms with Gasteiger partial charge in [-0.15, -0.1) is 0 Å². The number of nitrogens with two attached hydrogens (primary N) is 1. The zero-order chi connectivity index (χ0) is 16.4. The van der Waals surface area contributed by atoms with Gasteiger partial charge in [0.25, 0.3) is 0 Å². The lowest BCUT2D eigenvalue weighted by atomic mass is 10.1. The van der Waals surface area contributed by atoms with Crippen LogP contribution in [-0.4, -0.2) is 31.1 Å². The third-order valence-electron chi connectivity index (χ3n) is 4.23. The first kappa shape index (κ1) is 17.4. The van der Waals surface area contributed by atoms with E-state index in [1.54, 1.807) is 6.92 Å². The van der Waals surface area contributed by atoms with Gasteiger partial charge >= 0.3 is 10.0 Å². The van der Waals surface area contributed by atoms with Crippen molar-refractivity contribution in [1.82, 2.24) is 0 Å². The fourth-order valence-corrected chi connectivity index (χ4v) is 4.76. The Morgan fingerprint density at radius 1 is 1.32 bits per heavy atom. The smallest absolute Gasteiger partial charge is 0.301 e. The molecule has 0 aliphatic carbocycles. The van der Waals surface area contributed by atoms with Crippen molar-refractivity contribution in [2.45, 2.75) is 19.9 Å². The number of hydrogen-bond acceptors (Lipinski definition) is 3. The number of rotatable bonds is 5. The van der Waals surface area contributed by atoms with E-state index in [0.717, 1.165) is 15.6 Å².